The minimum Gasteiger partial charge on any atom is -0.465 e. The summed E-state index contributed by atoms with van der Waals surface area (Å²) in [5.74, 6) is 0.263. The van der Waals surface area contributed by atoms with Gasteiger partial charge in [0.1, 0.15) is 7.85 Å². The van der Waals surface area contributed by atoms with E-state index in [4.69, 9.17) is 12.6 Å². The van der Waals surface area contributed by atoms with Crippen molar-refractivity contribution in [1.29, 1.82) is 0 Å². The van der Waals surface area contributed by atoms with Crippen LogP contribution in [-0.2, 0) is 4.74 Å². The van der Waals surface area contributed by atoms with Crippen LogP contribution in [0.1, 0.15) is 34.7 Å². The molecule has 2 radical (unpaired) electrons. The van der Waals surface area contributed by atoms with Crippen molar-refractivity contribution < 1.29 is 9.53 Å². The Bertz CT molecular complexity index is 599. The van der Waals surface area contributed by atoms with Crippen molar-refractivity contribution in [1.82, 2.24) is 4.98 Å². The van der Waals surface area contributed by atoms with Gasteiger partial charge in [0.15, 0.2) is 0 Å². The largest absolute Gasteiger partial charge is 0.465 e. The topological polar surface area (TPSA) is 42.1 Å². The molecule has 1 fully saturated rings. The molecule has 0 bridgehead atoms. The van der Waals surface area contributed by atoms with Crippen LogP contribution in [0.4, 0.5) is 0 Å². The maximum atomic E-state index is 11.6. The van der Waals surface area contributed by atoms with Gasteiger partial charge in [-0.05, 0) is 48.1 Å². The van der Waals surface area contributed by atoms with Gasteiger partial charge in [0.05, 0.1) is 12.7 Å². The highest BCUT2D eigenvalue weighted by atomic mass is 16.5. The molecular weight excluding hydrogens is 213 g/mol. The number of rotatable bonds is 2. The number of carbonyl (C=O) groups excluding carboxylic acids is 1. The number of H-pyrrole nitrogens is 1. The average Bonchev–Trinajstić information content (AvgIpc) is 3.08. The summed E-state index contributed by atoms with van der Waals surface area (Å²) in [6, 6.07) is 5.66. The van der Waals surface area contributed by atoms with E-state index >= 15 is 0 Å². The number of methoxy groups -OCH3 is 1. The average molecular weight is 225 g/mol. The van der Waals surface area contributed by atoms with Crippen LogP contribution >= 0.6 is 0 Å². The Morgan fingerprint density at radius 3 is 2.82 bits per heavy atom. The van der Waals surface area contributed by atoms with E-state index in [1.54, 1.807) is 6.07 Å². The molecule has 0 unspecified atom stereocenters. The number of fused-ring (bicyclic) bond motifs is 1. The van der Waals surface area contributed by atoms with Crippen LogP contribution in [0.2, 0.25) is 0 Å². The molecule has 0 saturated heterocycles. The quantitative estimate of drug-likeness (QED) is 0.623. The molecule has 1 aromatic heterocycles. The molecule has 1 aliphatic carbocycles. The van der Waals surface area contributed by atoms with Gasteiger partial charge in [0.2, 0.25) is 0 Å². The molecule has 17 heavy (non-hydrogen) atoms. The Morgan fingerprint density at radius 1 is 1.41 bits per heavy atom. The number of hydrogen-bond acceptors (Lipinski definition) is 2. The molecule has 1 aromatic carbocycles. The fourth-order valence-corrected chi connectivity index (χ4v) is 2.26. The third-order valence-corrected chi connectivity index (χ3v) is 3.23. The van der Waals surface area contributed by atoms with Gasteiger partial charge >= 0.3 is 5.97 Å². The van der Waals surface area contributed by atoms with Crippen LogP contribution in [0.3, 0.4) is 0 Å². The number of aromatic amines is 1. The highest BCUT2D eigenvalue weighted by Gasteiger charge is 2.27. The molecule has 0 aliphatic heterocycles. The van der Waals surface area contributed by atoms with Gasteiger partial charge in [-0.1, -0.05) is 0 Å². The second kappa shape index (κ2) is 3.65. The molecule has 1 aliphatic rings. The summed E-state index contributed by atoms with van der Waals surface area (Å²) in [7, 11) is 7.16. The van der Waals surface area contributed by atoms with E-state index in [1.807, 2.05) is 12.1 Å². The fraction of sp³-hybridized carbons (Fsp3) is 0.308. The Labute approximate surface area is 101 Å². The molecular formula is C13H12BNO2. The van der Waals surface area contributed by atoms with Crippen molar-refractivity contribution in [2.24, 2.45) is 0 Å². The van der Waals surface area contributed by atoms with Gasteiger partial charge < -0.3 is 9.72 Å². The number of ether oxygens (including phenoxy) is 1. The van der Waals surface area contributed by atoms with Crippen molar-refractivity contribution in [2.45, 2.75) is 18.8 Å². The van der Waals surface area contributed by atoms with Gasteiger partial charge in [-0.15, -0.1) is 0 Å². The van der Waals surface area contributed by atoms with Crippen LogP contribution in [0.15, 0.2) is 18.2 Å². The number of nitrogens with one attached hydrogen (secondary N) is 1. The smallest absolute Gasteiger partial charge is 0.337 e. The van der Waals surface area contributed by atoms with E-state index in [0.29, 0.717) is 17.1 Å². The Balaban J connectivity index is 2.22. The molecule has 84 valence electrons. The monoisotopic (exact) mass is 225 g/mol. The minimum absolute atomic E-state index is 0.304. The van der Waals surface area contributed by atoms with Gasteiger partial charge in [-0.2, -0.15) is 0 Å². The number of benzene rings is 1. The van der Waals surface area contributed by atoms with Gasteiger partial charge in [0.25, 0.3) is 0 Å². The first-order chi connectivity index (χ1) is 8.19. The number of esters is 1. The lowest BCUT2D eigenvalue weighted by Gasteiger charge is -2.05. The summed E-state index contributed by atoms with van der Waals surface area (Å²) in [6.45, 7) is 0. The summed E-state index contributed by atoms with van der Waals surface area (Å²) in [5.41, 5.74) is 3.33. The van der Waals surface area contributed by atoms with Crippen molar-refractivity contribution in [2.75, 3.05) is 7.11 Å². The Kier molecular flexibility index (Phi) is 2.25. The summed E-state index contributed by atoms with van der Waals surface area (Å²) in [5, 5.41) is 1.12. The SMILES string of the molecule is [B]c1cc2c(C3CC3)cc(C(=O)OC)cc2[nH]1. The predicted octanol–water partition coefficient (Wildman–Crippen LogP) is 1.63. The summed E-state index contributed by atoms with van der Waals surface area (Å²) >= 11 is 0. The normalized spacial score (nSPS) is 15.1. The standard InChI is InChI=1S/C13H12BNO2/c1-17-13(16)8-4-9(7-2-3-7)10-6-12(14)15-11(10)5-8/h4-7,15H,2-3H2,1H3. The predicted molar refractivity (Wildman–Crippen MR) is 67.0 cm³/mol. The molecule has 2 aromatic rings. The third kappa shape index (κ3) is 1.73. The van der Waals surface area contributed by atoms with E-state index in [-0.39, 0.29) is 5.97 Å². The van der Waals surface area contributed by atoms with Crippen LogP contribution in [-0.4, -0.2) is 25.9 Å². The molecule has 1 saturated carbocycles. The summed E-state index contributed by atoms with van der Waals surface area (Å²) < 4.78 is 4.76. The Morgan fingerprint density at radius 2 is 2.18 bits per heavy atom. The van der Waals surface area contributed by atoms with E-state index in [0.717, 1.165) is 10.9 Å². The van der Waals surface area contributed by atoms with Crippen molar-refractivity contribution in [3.8, 4) is 0 Å². The molecule has 0 amide bonds. The van der Waals surface area contributed by atoms with E-state index in [9.17, 15) is 4.79 Å². The first kappa shape index (κ1) is 10.4. The lowest BCUT2D eigenvalue weighted by atomic mass is 10.00. The fourth-order valence-electron chi connectivity index (χ4n) is 2.26. The van der Waals surface area contributed by atoms with E-state index in [2.05, 4.69) is 4.98 Å². The lowest BCUT2D eigenvalue weighted by molar-refractivity contribution is 0.0601. The number of hydrogen-bond donors (Lipinski definition) is 1. The third-order valence-electron chi connectivity index (χ3n) is 3.23. The first-order valence-electron chi connectivity index (χ1n) is 5.69. The molecule has 0 spiro atoms. The summed E-state index contributed by atoms with van der Waals surface area (Å²) in [6.07, 6.45) is 2.37. The van der Waals surface area contributed by atoms with Crippen molar-refractivity contribution in [3.63, 3.8) is 0 Å². The molecule has 3 rings (SSSR count). The molecule has 4 heteroatoms. The van der Waals surface area contributed by atoms with Gasteiger partial charge in [-0.3, -0.25) is 0 Å². The maximum absolute atomic E-state index is 11.6. The minimum atomic E-state index is -0.304. The molecule has 0 atom stereocenters. The first-order valence-corrected chi connectivity index (χ1v) is 5.69. The van der Waals surface area contributed by atoms with Gasteiger partial charge in [-0.25, -0.2) is 4.79 Å². The highest BCUT2D eigenvalue weighted by molar-refractivity contribution is 6.32. The lowest BCUT2D eigenvalue weighted by Crippen LogP contribution is -2.02. The zero-order valence-electron chi connectivity index (χ0n) is 9.62. The van der Waals surface area contributed by atoms with Crippen LogP contribution < -0.4 is 5.59 Å². The van der Waals surface area contributed by atoms with E-state index < -0.39 is 0 Å². The zero-order valence-corrected chi connectivity index (χ0v) is 9.62. The van der Waals surface area contributed by atoms with Crippen LogP contribution in [0.5, 0.6) is 0 Å². The molecule has 1 heterocycles. The highest BCUT2D eigenvalue weighted by Crippen LogP contribution is 2.43. The van der Waals surface area contributed by atoms with Crippen LogP contribution in [0, 0.1) is 0 Å². The van der Waals surface area contributed by atoms with Gasteiger partial charge in [0, 0.05) is 10.9 Å². The maximum Gasteiger partial charge on any atom is 0.337 e. The molecule has 1 N–H and O–H groups in total. The van der Waals surface area contributed by atoms with Crippen molar-refractivity contribution >= 4 is 30.3 Å². The van der Waals surface area contributed by atoms with E-state index in [1.165, 1.54) is 25.5 Å². The second-order valence-electron chi connectivity index (χ2n) is 4.52. The second-order valence-corrected chi connectivity index (χ2v) is 4.52. The summed E-state index contributed by atoms with van der Waals surface area (Å²) in [4.78, 5) is 14.7. The molecule has 3 nitrogen and oxygen atoms in total. The number of aromatic nitrogens is 1. The zero-order chi connectivity index (χ0) is 12.0. The number of carbonyl (C=O) groups is 1. The Hall–Kier alpha value is -1.71. The van der Waals surface area contributed by atoms with Crippen molar-refractivity contribution in [3.05, 3.63) is 29.3 Å². The van der Waals surface area contributed by atoms with Crippen LogP contribution in [0.25, 0.3) is 10.9 Å².